The molecule has 0 aromatic heterocycles. The summed E-state index contributed by atoms with van der Waals surface area (Å²) in [6.07, 6.45) is 5.58. The van der Waals surface area contributed by atoms with Gasteiger partial charge in [0.05, 0.1) is 6.10 Å². The number of hydrogen-bond donors (Lipinski definition) is 0. The van der Waals surface area contributed by atoms with Crippen LogP contribution in [0.15, 0.2) is 24.3 Å². The highest BCUT2D eigenvalue weighted by atomic mass is 16.5. The zero-order chi connectivity index (χ0) is 9.38. The summed E-state index contributed by atoms with van der Waals surface area (Å²) in [7, 11) is 0. The smallest absolute Gasteiger partial charge is 0.0644 e. The van der Waals surface area contributed by atoms with Gasteiger partial charge in [-0.15, -0.1) is 0 Å². The molecule has 2 unspecified atom stereocenters. The fraction of sp³-hybridized carbons (Fsp3) is 0.538. The molecule has 1 nitrogen and oxygen atoms in total. The van der Waals surface area contributed by atoms with Gasteiger partial charge in [-0.1, -0.05) is 24.3 Å². The van der Waals surface area contributed by atoms with Crippen LogP contribution in [0, 0.1) is 0 Å². The van der Waals surface area contributed by atoms with Gasteiger partial charge in [0.15, 0.2) is 0 Å². The van der Waals surface area contributed by atoms with Crippen LogP contribution < -0.4 is 0 Å². The number of rotatable bonds is 1. The summed E-state index contributed by atoms with van der Waals surface area (Å²) in [5.74, 6) is 0.689. The Bertz CT molecular complexity index is 326. The van der Waals surface area contributed by atoms with Gasteiger partial charge in [0.2, 0.25) is 0 Å². The molecule has 2 atom stereocenters. The number of ether oxygens (including phenoxy) is 1. The number of benzene rings is 1. The molecule has 0 radical (unpaired) electrons. The van der Waals surface area contributed by atoms with Crippen LogP contribution in [-0.4, -0.2) is 12.7 Å². The van der Waals surface area contributed by atoms with Crippen LogP contribution in [0.4, 0.5) is 0 Å². The van der Waals surface area contributed by atoms with E-state index in [0.29, 0.717) is 12.0 Å². The molecule has 1 aromatic carbocycles. The van der Waals surface area contributed by atoms with E-state index in [4.69, 9.17) is 4.74 Å². The summed E-state index contributed by atoms with van der Waals surface area (Å²) in [6, 6.07) is 8.86. The highest BCUT2D eigenvalue weighted by Crippen LogP contribution is 2.39. The first-order chi connectivity index (χ1) is 6.95. The van der Waals surface area contributed by atoms with Crippen LogP contribution in [0.2, 0.25) is 0 Å². The lowest BCUT2D eigenvalue weighted by Gasteiger charge is -2.18. The van der Waals surface area contributed by atoms with Gasteiger partial charge in [-0.3, -0.25) is 0 Å². The second-order valence-electron chi connectivity index (χ2n) is 4.40. The number of fused-ring (bicyclic) bond motifs is 1. The van der Waals surface area contributed by atoms with Crippen molar-refractivity contribution in [2.45, 2.75) is 37.7 Å². The predicted molar refractivity (Wildman–Crippen MR) is 56.5 cm³/mol. The monoisotopic (exact) mass is 188 g/mol. The summed E-state index contributed by atoms with van der Waals surface area (Å²) in [5.41, 5.74) is 3.10. The molecule has 0 saturated carbocycles. The zero-order valence-corrected chi connectivity index (χ0v) is 8.41. The molecular weight excluding hydrogens is 172 g/mol. The Labute approximate surface area is 85.1 Å². The van der Waals surface area contributed by atoms with Gasteiger partial charge in [-0.25, -0.2) is 0 Å². The van der Waals surface area contributed by atoms with E-state index in [9.17, 15) is 0 Å². The van der Waals surface area contributed by atoms with E-state index in [-0.39, 0.29) is 0 Å². The van der Waals surface area contributed by atoms with Crippen molar-refractivity contribution in [3.8, 4) is 0 Å². The van der Waals surface area contributed by atoms with Crippen LogP contribution >= 0.6 is 0 Å². The van der Waals surface area contributed by atoms with E-state index in [1.807, 2.05) is 0 Å². The van der Waals surface area contributed by atoms with E-state index in [0.717, 1.165) is 6.61 Å². The van der Waals surface area contributed by atoms with E-state index < -0.39 is 0 Å². The summed E-state index contributed by atoms with van der Waals surface area (Å²) in [5, 5.41) is 0. The highest BCUT2D eigenvalue weighted by Gasteiger charge is 2.31. The molecule has 1 aromatic rings. The quantitative estimate of drug-likeness (QED) is 0.658. The van der Waals surface area contributed by atoms with E-state index in [1.165, 1.54) is 25.7 Å². The van der Waals surface area contributed by atoms with Gasteiger partial charge in [0.1, 0.15) is 0 Å². The van der Waals surface area contributed by atoms with Crippen molar-refractivity contribution in [3.05, 3.63) is 35.4 Å². The Hall–Kier alpha value is -0.820. The highest BCUT2D eigenvalue weighted by molar-refractivity contribution is 5.35. The molecule has 1 fully saturated rings. The summed E-state index contributed by atoms with van der Waals surface area (Å²) < 4.78 is 5.79. The van der Waals surface area contributed by atoms with Gasteiger partial charge in [-0.2, -0.15) is 0 Å². The first kappa shape index (κ1) is 8.49. The topological polar surface area (TPSA) is 9.23 Å². The Morgan fingerprint density at radius 2 is 2.07 bits per heavy atom. The minimum Gasteiger partial charge on any atom is -0.378 e. The zero-order valence-electron chi connectivity index (χ0n) is 8.41. The van der Waals surface area contributed by atoms with Gasteiger partial charge >= 0.3 is 0 Å². The van der Waals surface area contributed by atoms with Crippen molar-refractivity contribution in [2.24, 2.45) is 0 Å². The largest absolute Gasteiger partial charge is 0.378 e. The molecule has 1 saturated heterocycles. The molecule has 14 heavy (non-hydrogen) atoms. The van der Waals surface area contributed by atoms with Crippen molar-refractivity contribution in [2.75, 3.05) is 6.61 Å². The molecule has 0 amide bonds. The second kappa shape index (κ2) is 3.39. The van der Waals surface area contributed by atoms with Crippen molar-refractivity contribution >= 4 is 0 Å². The first-order valence-corrected chi connectivity index (χ1v) is 5.64. The molecule has 74 valence electrons. The molecule has 1 aliphatic carbocycles. The molecule has 1 aliphatic heterocycles. The number of aryl methyl sites for hydroxylation is 1. The van der Waals surface area contributed by atoms with Crippen LogP contribution in [-0.2, 0) is 11.2 Å². The average Bonchev–Trinajstić information content (AvgIpc) is 2.85. The lowest BCUT2D eigenvalue weighted by Crippen LogP contribution is -2.14. The second-order valence-corrected chi connectivity index (χ2v) is 4.40. The summed E-state index contributed by atoms with van der Waals surface area (Å²) in [6.45, 7) is 0.976. The third-order valence-electron chi connectivity index (χ3n) is 3.59. The molecule has 1 heterocycles. The number of hydrogen-bond acceptors (Lipinski definition) is 1. The van der Waals surface area contributed by atoms with Crippen LogP contribution in [0.25, 0.3) is 0 Å². The summed E-state index contributed by atoms with van der Waals surface area (Å²) in [4.78, 5) is 0. The van der Waals surface area contributed by atoms with Crippen molar-refractivity contribution in [1.29, 1.82) is 0 Å². The molecule has 0 N–H and O–H groups in total. The van der Waals surface area contributed by atoms with Crippen LogP contribution in [0.3, 0.4) is 0 Å². The van der Waals surface area contributed by atoms with E-state index in [1.54, 1.807) is 11.1 Å². The molecule has 0 bridgehead atoms. The van der Waals surface area contributed by atoms with E-state index >= 15 is 0 Å². The summed E-state index contributed by atoms with van der Waals surface area (Å²) >= 11 is 0. The SMILES string of the molecule is c1ccc2c(c1)CCC2C1CCCO1. The van der Waals surface area contributed by atoms with Gasteiger partial charge in [0, 0.05) is 12.5 Å². The van der Waals surface area contributed by atoms with Crippen molar-refractivity contribution in [1.82, 2.24) is 0 Å². The van der Waals surface area contributed by atoms with Crippen LogP contribution in [0.5, 0.6) is 0 Å². The molecular formula is C13H16O. The molecule has 1 heteroatoms. The minimum absolute atomic E-state index is 0.513. The first-order valence-electron chi connectivity index (χ1n) is 5.64. The van der Waals surface area contributed by atoms with Crippen molar-refractivity contribution < 1.29 is 4.74 Å². The Balaban J connectivity index is 1.89. The lowest BCUT2D eigenvalue weighted by molar-refractivity contribution is 0.0888. The van der Waals surface area contributed by atoms with E-state index in [2.05, 4.69) is 24.3 Å². The molecule has 2 aliphatic rings. The van der Waals surface area contributed by atoms with Crippen molar-refractivity contribution in [3.63, 3.8) is 0 Å². The minimum atomic E-state index is 0.513. The third-order valence-corrected chi connectivity index (χ3v) is 3.59. The van der Waals surface area contributed by atoms with Gasteiger partial charge in [0.25, 0.3) is 0 Å². The fourth-order valence-corrected chi connectivity index (χ4v) is 2.90. The van der Waals surface area contributed by atoms with Gasteiger partial charge in [-0.05, 0) is 36.8 Å². The average molecular weight is 188 g/mol. The Morgan fingerprint density at radius 3 is 2.93 bits per heavy atom. The molecule has 0 spiro atoms. The van der Waals surface area contributed by atoms with Crippen LogP contribution in [0.1, 0.15) is 36.3 Å². The Morgan fingerprint density at radius 1 is 1.14 bits per heavy atom. The maximum absolute atomic E-state index is 5.79. The standard InChI is InChI=1S/C13H16O/c1-2-5-11-10(4-1)7-8-12(11)13-6-3-9-14-13/h1-2,4-5,12-13H,3,6-9H2. The lowest BCUT2D eigenvalue weighted by atomic mass is 9.94. The predicted octanol–water partition coefficient (Wildman–Crippen LogP) is 2.90. The maximum atomic E-state index is 5.79. The van der Waals surface area contributed by atoms with Gasteiger partial charge < -0.3 is 4.74 Å². The third kappa shape index (κ3) is 1.27. The maximum Gasteiger partial charge on any atom is 0.0644 e. The normalized spacial score (nSPS) is 30.6. The molecule has 3 rings (SSSR count). The fourth-order valence-electron chi connectivity index (χ4n) is 2.90. The Kier molecular flexibility index (Phi) is 2.06.